The number of hydrogen-bond donors (Lipinski definition) is 0. The quantitative estimate of drug-likeness (QED) is 0.647. The number of rotatable bonds is 1. The van der Waals surface area contributed by atoms with Crippen molar-refractivity contribution in [2.75, 3.05) is 0 Å². The highest BCUT2D eigenvalue weighted by molar-refractivity contribution is 5.95. The Kier molecular flexibility index (Phi) is 3.91. The first-order valence-electron chi connectivity index (χ1n) is 9.70. The van der Waals surface area contributed by atoms with E-state index in [9.17, 15) is 9.59 Å². The molecule has 29 heavy (non-hydrogen) atoms. The Morgan fingerprint density at radius 3 is 2.48 bits per heavy atom. The first kappa shape index (κ1) is 17.5. The zero-order valence-corrected chi connectivity index (χ0v) is 16.4. The smallest absolute Gasteiger partial charge is 0.298 e. The number of allylic oxidation sites excluding steroid dienone is 8. The van der Waals surface area contributed by atoms with E-state index in [-0.39, 0.29) is 11.2 Å². The van der Waals surface area contributed by atoms with Crippen molar-refractivity contribution >= 4 is 16.6 Å². The molecule has 3 aromatic rings. The molecule has 2 aliphatic carbocycles. The summed E-state index contributed by atoms with van der Waals surface area (Å²) in [5.74, 6) is 0. The average Bonchev–Trinajstić information content (AvgIpc) is 2.87. The van der Waals surface area contributed by atoms with Crippen LogP contribution >= 0.6 is 0 Å². The highest BCUT2D eigenvalue weighted by Gasteiger charge is 2.27. The SMILES string of the molecule is Cn1c(=O)c2c3c(n(-c4ccccc4)c2n(C)c1=O)C/C=C\C1=CC=CC=C3C1. The summed E-state index contributed by atoms with van der Waals surface area (Å²) in [5.41, 5.74) is 5.29. The maximum absolute atomic E-state index is 13.3. The van der Waals surface area contributed by atoms with Crippen LogP contribution in [-0.4, -0.2) is 13.7 Å². The molecule has 0 spiro atoms. The number of aryl methyl sites for hydroxylation is 1. The van der Waals surface area contributed by atoms with Crippen LogP contribution in [0.4, 0.5) is 0 Å². The highest BCUT2D eigenvalue weighted by Crippen LogP contribution is 2.37. The molecule has 5 heteroatoms. The molecule has 0 atom stereocenters. The van der Waals surface area contributed by atoms with E-state index >= 15 is 0 Å². The number of aromatic nitrogens is 3. The molecule has 5 nitrogen and oxygen atoms in total. The van der Waals surface area contributed by atoms with Crippen molar-refractivity contribution in [1.82, 2.24) is 13.7 Å². The molecule has 2 aromatic heterocycles. The normalized spacial score (nSPS) is 16.5. The van der Waals surface area contributed by atoms with Crippen LogP contribution in [0.1, 0.15) is 17.7 Å². The van der Waals surface area contributed by atoms with Crippen molar-refractivity contribution in [1.29, 1.82) is 0 Å². The Morgan fingerprint density at radius 1 is 0.931 bits per heavy atom. The summed E-state index contributed by atoms with van der Waals surface area (Å²) >= 11 is 0. The van der Waals surface area contributed by atoms with Crippen LogP contribution in [0, 0.1) is 0 Å². The van der Waals surface area contributed by atoms with Gasteiger partial charge in [0.05, 0.1) is 5.39 Å². The third-order valence-electron chi connectivity index (χ3n) is 5.75. The number of benzene rings is 1. The maximum Gasteiger partial charge on any atom is 0.332 e. The molecule has 0 fully saturated rings. The molecule has 5 rings (SSSR count). The van der Waals surface area contributed by atoms with Crippen LogP contribution in [0.3, 0.4) is 0 Å². The molecule has 2 aliphatic rings. The van der Waals surface area contributed by atoms with Crippen molar-refractivity contribution in [3.05, 3.63) is 104 Å². The summed E-state index contributed by atoms with van der Waals surface area (Å²) < 4.78 is 4.86. The predicted octanol–water partition coefficient (Wildman–Crippen LogP) is 3.41. The van der Waals surface area contributed by atoms with E-state index in [0.717, 1.165) is 28.9 Å². The van der Waals surface area contributed by atoms with Gasteiger partial charge in [0.15, 0.2) is 0 Å². The van der Waals surface area contributed by atoms with Gasteiger partial charge < -0.3 is 0 Å². The van der Waals surface area contributed by atoms with Gasteiger partial charge in [0.2, 0.25) is 0 Å². The lowest BCUT2D eigenvalue weighted by Gasteiger charge is -2.15. The van der Waals surface area contributed by atoms with Crippen molar-refractivity contribution in [3.63, 3.8) is 0 Å². The van der Waals surface area contributed by atoms with Gasteiger partial charge in [-0.3, -0.25) is 18.5 Å². The fourth-order valence-corrected chi connectivity index (χ4v) is 4.39. The minimum absolute atomic E-state index is 0.252. The molecule has 0 saturated carbocycles. The fourth-order valence-electron chi connectivity index (χ4n) is 4.39. The van der Waals surface area contributed by atoms with Crippen molar-refractivity contribution in [2.24, 2.45) is 14.1 Å². The monoisotopic (exact) mass is 383 g/mol. The summed E-state index contributed by atoms with van der Waals surface area (Å²) in [6, 6.07) is 9.93. The molecule has 0 amide bonds. The molecule has 0 aliphatic heterocycles. The molecule has 0 N–H and O–H groups in total. The van der Waals surface area contributed by atoms with E-state index in [1.165, 1.54) is 10.1 Å². The molecule has 2 bridgehead atoms. The van der Waals surface area contributed by atoms with Gasteiger partial charge in [-0.05, 0) is 29.7 Å². The van der Waals surface area contributed by atoms with Crippen LogP contribution in [-0.2, 0) is 20.5 Å². The van der Waals surface area contributed by atoms with Gasteiger partial charge >= 0.3 is 5.69 Å². The van der Waals surface area contributed by atoms with Crippen LogP contribution < -0.4 is 11.2 Å². The summed E-state index contributed by atoms with van der Waals surface area (Å²) in [6.07, 6.45) is 13.9. The lowest BCUT2D eigenvalue weighted by molar-refractivity contribution is 0.703. The van der Waals surface area contributed by atoms with Gasteiger partial charge in [-0.15, -0.1) is 0 Å². The lowest BCUT2D eigenvalue weighted by Crippen LogP contribution is -2.37. The van der Waals surface area contributed by atoms with Crippen molar-refractivity contribution in [2.45, 2.75) is 12.8 Å². The second-order valence-corrected chi connectivity index (χ2v) is 7.50. The van der Waals surface area contributed by atoms with E-state index in [1.807, 2.05) is 42.5 Å². The maximum atomic E-state index is 13.3. The van der Waals surface area contributed by atoms with E-state index in [0.29, 0.717) is 17.5 Å². The summed E-state index contributed by atoms with van der Waals surface area (Å²) in [6.45, 7) is 0. The summed E-state index contributed by atoms with van der Waals surface area (Å²) in [7, 11) is 3.28. The van der Waals surface area contributed by atoms with Gasteiger partial charge in [0.1, 0.15) is 5.65 Å². The first-order chi connectivity index (χ1) is 14.1. The zero-order valence-electron chi connectivity index (χ0n) is 16.4. The molecule has 0 radical (unpaired) electrons. The Balaban J connectivity index is 2.04. The highest BCUT2D eigenvalue weighted by atomic mass is 16.2. The summed E-state index contributed by atoms with van der Waals surface area (Å²) in [5, 5.41) is 0.602. The Hall–Kier alpha value is -3.60. The Labute approximate surface area is 167 Å². The van der Waals surface area contributed by atoms with Gasteiger partial charge in [-0.25, -0.2) is 4.79 Å². The van der Waals surface area contributed by atoms with Gasteiger partial charge in [0, 0.05) is 37.5 Å². The van der Waals surface area contributed by atoms with E-state index in [4.69, 9.17) is 0 Å². The topological polar surface area (TPSA) is 48.9 Å². The average molecular weight is 383 g/mol. The third kappa shape index (κ3) is 2.54. The summed E-state index contributed by atoms with van der Waals surface area (Å²) in [4.78, 5) is 26.1. The third-order valence-corrected chi connectivity index (χ3v) is 5.75. The second-order valence-electron chi connectivity index (χ2n) is 7.50. The molecule has 144 valence electrons. The number of hydrogen-bond acceptors (Lipinski definition) is 2. The molecule has 0 saturated heterocycles. The minimum Gasteiger partial charge on any atom is -0.298 e. The molecule has 0 unspecified atom stereocenters. The van der Waals surface area contributed by atoms with Crippen LogP contribution in [0.5, 0.6) is 0 Å². The second kappa shape index (κ2) is 6.48. The number of nitrogens with zero attached hydrogens (tertiary/aromatic N) is 3. The minimum atomic E-state index is -0.323. The largest absolute Gasteiger partial charge is 0.332 e. The van der Waals surface area contributed by atoms with Gasteiger partial charge in [-0.2, -0.15) is 0 Å². The predicted molar refractivity (Wildman–Crippen MR) is 116 cm³/mol. The first-order valence-corrected chi connectivity index (χ1v) is 9.70. The van der Waals surface area contributed by atoms with Crippen LogP contribution in [0.25, 0.3) is 22.3 Å². The van der Waals surface area contributed by atoms with Crippen LogP contribution in [0.2, 0.25) is 0 Å². The molecular formula is C24H21N3O2. The van der Waals surface area contributed by atoms with E-state index in [2.05, 4.69) is 28.9 Å². The molecule has 1 aromatic carbocycles. The standard InChI is InChI=1S/C24H21N3O2/c1-25-22-21(23(28)26(2)24(25)29)20-17-11-7-6-9-16(15-17)10-8-14-19(20)27(22)18-12-4-3-5-13-18/h3-13H,14-15H2,1-2H3/b10-8-. The molecule has 2 heterocycles. The fraction of sp³-hybridized carbons (Fsp3) is 0.167. The number of fused-ring (bicyclic) bond motifs is 6. The van der Waals surface area contributed by atoms with E-state index in [1.54, 1.807) is 18.7 Å². The number of para-hydroxylation sites is 1. The Morgan fingerprint density at radius 2 is 1.69 bits per heavy atom. The Bertz CT molecular complexity index is 1390. The lowest BCUT2D eigenvalue weighted by atomic mass is 9.93. The van der Waals surface area contributed by atoms with Crippen molar-refractivity contribution in [3.8, 4) is 5.69 Å². The van der Waals surface area contributed by atoms with E-state index < -0.39 is 0 Å². The molecular weight excluding hydrogens is 362 g/mol. The zero-order chi connectivity index (χ0) is 20.1. The van der Waals surface area contributed by atoms with Gasteiger partial charge in [-0.1, -0.05) is 54.7 Å². The van der Waals surface area contributed by atoms with Crippen molar-refractivity contribution < 1.29 is 0 Å². The van der Waals surface area contributed by atoms with Gasteiger partial charge in [0.25, 0.3) is 5.56 Å². The van der Waals surface area contributed by atoms with Crippen LogP contribution in [0.15, 0.2) is 82.0 Å².